The number of aromatic nitrogens is 2. The summed E-state index contributed by atoms with van der Waals surface area (Å²) >= 11 is 0. The molecule has 0 bridgehead atoms. The first kappa shape index (κ1) is 11.8. The Morgan fingerprint density at radius 1 is 1.24 bits per heavy atom. The Morgan fingerprint density at radius 3 is 2.47 bits per heavy atom. The smallest absolute Gasteiger partial charge is 0.222 e. The third-order valence-corrected chi connectivity index (χ3v) is 3.04. The number of carbonyl (C=O) groups excluding carboxylic acids is 1. The fraction of sp³-hybridized carbons (Fsp3) is 0.583. The van der Waals surface area contributed by atoms with Crippen LogP contribution in [-0.2, 0) is 4.79 Å². The lowest BCUT2D eigenvalue weighted by atomic mass is 10.3. The quantitative estimate of drug-likeness (QED) is 0.761. The molecule has 2 heterocycles. The topological polar surface area (TPSA) is 49.3 Å². The van der Waals surface area contributed by atoms with Gasteiger partial charge in [0.2, 0.25) is 5.91 Å². The number of piperazine rings is 1. The van der Waals surface area contributed by atoms with E-state index < -0.39 is 0 Å². The van der Waals surface area contributed by atoms with Gasteiger partial charge in [0.1, 0.15) is 0 Å². The lowest BCUT2D eigenvalue weighted by Gasteiger charge is -2.35. The van der Waals surface area contributed by atoms with E-state index in [2.05, 4.69) is 15.1 Å². The third kappa shape index (κ3) is 2.72. The Balaban J connectivity index is 1.95. The Morgan fingerprint density at radius 2 is 1.94 bits per heavy atom. The zero-order valence-electron chi connectivity index (χ0n) is 10.4. The number of hydrogen-bond donors (Lipinski definition) is 0. The van der Waals surface area contributed by atoms with Gasteiger partial charge in [-0.15, -0.1) is 5.10 Å². The van der Waals surface area contributed by atoms with Crippen LogP contribution >= 0.6 is 0 Å². The maximum atomic E-state index is 11.5. The van der Waals surface area contributed by atoms with Gasteiger partial charge in [-0.25, -0.2) is 0 Å². The van der Waals surface area contributed by atoms with Crippen molar-refractivity contribution in [2.45, 2.75) is 20.3 Å². The fourth-order valence-electron chi connectivity index (χ4n) is 1.97. The highest BCUT2D eigenvalue weighted by atomic mass is 16.2. The molecular formula is C12H18N4O. The number of rotatable bonds is 2. The first-order valence-corrected chi connectivity index (χ1v) is 6.03. The molecule has 1 fully saturated rings. The monoisotopic (exact) mass is 234 g/mol. The first-order valence-electron chi connectivity index (χ1n) is 6.03. The number of carbonyl (C=O) groups is 1. The van der Waals surface area contributed by atoms with Gasteiger partial charge in [-0.1, -0.05) is 6.92 Å². The second-order valence-electron chi connectivity index (χ2n) is 4.25. The lowest BCUT2D eigenvalue weighted by molar-refractivity contribution is -0.131. The molecule has 0 spiro atoms. The van der Waals surface area contributed by atoms with Gasteiger partial charge in [0, 0.05) is 32.6 Å². The van der Waals surface area contributed by atoms with Crippen LogP contribution in [-0.4, -0.2) is 47.2 Å². The molecule has 0 aliphatic carbocycles. The van der Waals surface area contributed by atoms with Gasteiger partial charge in [0.05, 0.1) is 5.69 Å². The minimum Gasteiger partial charge on any atom is -0.352 e. The molecule has 1 saturated heterocycles. The third-order valence-electron chi connectivity index (χ3n) is 3.04. The van der Waals surface area contributed by atoms with Crippen LogP contribution in [0.15, 0.2) is 12.1 Å². The van der Waals surface area contributed by atoms with Gasteiger partial charge in [-0.05, 0) is 19.1 Å². The van der Waals surface area contributed by atoms with Crippen molar-refractivity contribution in [1.29, 1.82) is 0 Å². The molecule has 1 aromatic rings. The zero-order chi connectivity index (χ0) is 12.3. The van der Waals surface area contributed by atoms with E-state index in [-0.39, 0.29) is 5.91 Å². The maximum Gasteiger partial charge on any atom is 0.222 e. The summed E-state index contributed by atoms with van der Waals surface area (Å²) in [4.78, 5) is 15.6. The van der Waals surface area contributed by atoms with Gasteiger partial charge in [0.15, 0.2) is 5.82 Å². The average molecular weight is 234 g/mol. The summed E-state index contributed by atoms with van der Waals surface area (Å²) in [5.74, 6) is 1.14. The Hall–Kier alpha value is -1.65. The van der Waals surface area contributed by atoms with Crippen molar-refractivity contribution in [2.24, 2.45) is 0 Å². The minimum absolute atomic E-state index is 0.236. The standard InChI is InChI=1S/C12H18N4O/c1-3-12(17)16-8-6-15(7-9-16)11-5-4-10(2)13-14-11/h4-5H,3,6-9H2,1-2H3. The molecule has 92 valence electrons. The number of hydrogen-bond acceptors (Lipinski definition) is 4. The normalized spacial score (nSPS) is 16.1. The summed E-state index contributed by atoms with van der Waals surface area (Å²) in [5, 5.41) is 8.22. The average Bonchev–Trinajstić information content (AvgIpc) is 2.39. The molecule has 2 rings (SSSR count). The second-order valence-corrected chi connectivity index (χ2v) is 4.25. The molecule has 1 amide bonds. The highest BCUT2D eigenvalue weighted by Gasteiger charge is 2.20. The highest BCUT2D eigenvalue weighted by Crippen LogP contribution is 2.12. The van der Waals surface area contributed by atoms with E-state index in [1.807, 2.05) is 30.9 Å². The van der Waals surface area contributed by atoms with Crippen molar-refractivity contribution in [3.8, 4) is 0 Å². The van der Waals surface area contributed by atoms with Crippen LogP contribution in [0.25, 0.3) is 0 Å². The van der Waals surface area contributed by atoms with Crippen LogP contribution in [0.1, 0.15) is 19.0 Å². The molecule has 0 aromatic carbocycles. The van der Waals surface area contributed by atoms with Crippen molar-refractivity contribution in [3.63, 3.8) is 0 Å². The van der Waals surface area contributed by atoms with Crippen LogP contribution in [0.2, 0.25) is 0 Å². The molecule has 0 atom stereocenters. The van der Waals surface area contributed by atoms with E-state index in [1.165, 1.54) is 0 Å². The van der Waals surface area contributed by atoms with Gasteiger partial charge in [-0.3, -0.25) is 4.79 Å². The summed E-state index contributed by atoms with van der Waals surface area (Å²) in [6.45, 7) is 7.06. The van der Waals surface area contributed by atoms with Crippen molar-refractivity contribution in [2.75, 3.05) is 31.1 Å². The van der Waals surface area contributed by atoms with E-state index in [9.17, 15) is 4.79 Å². The fourth-order valence-corrected chi connectivity index (χ4v) is 1.97. The predicted octanol–water partition coefficient (Wildman–Crippen LogP) is 0.844. The molecule has 0 N–H and O–H groups in total. The van der Waals surface area contributed by atoms with Crippen LogP contribution in [0.3, 0.4) is 0 Å². The molecule has 1 aliphatic heterocycles. The number of anilines is 1. The van der Waals surface area contributed by atoms with E-state index in [4.69, 9.17) is 0 Å². The molecule has 1 aromatic heterocycles. The Bertz CT molecular complexity index is 382. The maximum absolute atomic E-state index is 11.5. The van der Waals surface area contributed by atoms with Crippen LogP contribution in [0, 0.1) is 6.92 Å². The summed E-state index contributed by atoms with van der Waals surface area (Å²) in [6.07, 6.45) is 0.588. The van der Waals surface area contributed by atoms with E-state index in [0.29, 0.717) is 6.42 Å². The summed E-state index contributed by atoms with van der Waals surface area (Å²) < 4.78 is 0. The second kappa shape index (κ2) is 5.12. The lowest BCUT2D eigenvalue weighted by Crippen LogP contribution is -2.48. The van der Waals surface area contributed by atoms with E-state index >= 15 is 0 Å². The summed E-state index contributed by atoms with van der Waals surface area (Å²) in [5.41, 5.74) is 0.925. The van der Waals surface area contributed by atoms with Gasteiger partial charge >= 0.3 is 0 Å². The molecule has 0 radical (unpaired) electrons. The minimum atomic E-state index is 0.236. The van der Waals surface area contributed by atoms with Crippen molar-refractivity contribution in [3.05, 3.63) is 17.8 Å². The molecule has 0 unspecified atom stereocenters. The molecule has 0 saturated carbocycles. The largest absolute Gasteiger partial charge is 0.352 e. The molecule has 17 heavy (non-hydrogen) atoms. The number of nitrogens with zero attached hydrogens (tertiary/aromatic N) is 4. The molecule has 5 heteroatoms. The molecular weight excluding hydrogens is 216 g/mol. The predicted molar refractivity (Wildman–Crippen MR) is 65.9 cm³/mol. The highest BCUT2D eigenvalue weighted by molar-refractivity contribution is 5.76. The zero-order valence-corrected chi connectivity index (χ0v) is 10.4. The van der Waals surface area contributed by atoms with Gasteiger partial charge < -0.3 is 9.80 Å². The van der Waals surface area contributed by atoms with Gasteiger partial charge in [-0.2, -0.15) is 5.10 Å². The van der Waals surface area contributed by atoms with Crippen molar-refractivity contribution < 1.29 is 4.79 Å². The first-order chi connectivity index (χ1) is 8.20. The van der Waals surface area contributed by atoms with Crippen LogP contribution in [0.4, 0.5) is 5.82 Å². The van der Waals surface area contributed by atoms with Crippen molar-refractivity contribution in [1.82, 2.24) is 15.1 Å². The molecule has 1 aliphatic rings. The molecule has 5 nitrogen and oxygen atoms in total. The van der Waals surface area contributed by atoms with Crippen molar-refractivity contribution >= 4 is 11.7 Å². The van der Waals surface area contributed by atoms with Crippen LogP contribution < -0.4 is 4.90 Å². The summed E-state index contributed by atoms with van der Waals surface area (Å²) in [6, 6.07) is 3.95. The summed E-state index contributed by atoms with van der Waals surface area (Å²) in [7, 11) is 0. The SMILES string of the molecule is CCC(=O)N1CCN(c2ccc(C)nn2)CC1. The van der Waals surface area contributed by atoms with E-state index in [0.717, 1.165) is 37.7 Å². The number of amides is 1. The Kier molecular flexibility index (Phi) is 3.56. The van der Waals surface area contributed by atoms with Gasteiger partial charge in [0.25, 0.3) is 0 Å². The van der Waals surface area contributed by atoms with E-state index in [1.54, 1.807) is 0 Å². The number of aryl methyl sites for hydroxylation is 1. The Labute approximate surface area is 101 Å². The van der Waals surface area contributed by atoms with Crippen LogP contribution in [0.5, 0.6) is 0 Å².